The lowest BCUT2D eigenvalue weighted by Crippen LogP contribution is -2.01. The molecule has 0 spiro atoms. The largest absolute Gasteiger partial charge is 0.478 e. The first kappa shape index (κ1) is 19.9. The topological polar surface area (TPSA) is 107 Å². The Morgan fingerprint density at radius 3 is 1.78 bits per heavy atom. The summed E-state index contributed by atoms with van der Waals surface area (Å²) in [7, 11) is 0. The maximum absolute atomic E-state index is 10.8. The van der Waals surface area contributed by atoms with Gasteiger partial charge >= 0.3 is 11.9 Å². The van der Waals surface area contributed by atoms with Crippen LogP contribution in [0.3, 0.4) is 0 Å². The minimum absolute atomic E-state index is 0.0521. The Hall–Kier alpha value is -3.15. The monoisotopic (exact) mass is 317 g/mol. The van der Waals surface area contributed by atoms with Gasteiger partial charge in [0.2, 0.25) is 5.56 Å². The number of aromatic amines is 1. The molecule has 0 saturated heterocycles. The third-order valence-electron chi connectivity index (χ3n) is 2.36. The van der Waals surface area contributed by atoms with Crippen LogP contribution in [-0.4, -0.2) is 27.1 Å². The molecule has 3 N–H and O–H groups in total. The predicted octanol–water partition coefficient (Wildman–Crippen LogP) is 2.82. The standard InChI is InChI=1S/C9H7NO.2C4H6O2/c11-9-6-5-7-3-1-2-4-8(7)10-9;2*1-3(2)4(5)6/h1-6H,(H,10,11);2*1H2,2H3,(H,5,6). The normalized spacial score (nSPS) is 8.78. The summed E-state index contributed by atoms with van der Waals surface area (Å²) < 4.78 is 0. The molecule has 0 aliphatic heterocycles. The maximum Gasteiger partial charge on any atom is 0.330 e. The highest BCUT2D eigenvalue weighted by molar-refractivity contribution is 5.85. The number of fused-ring (bicyclic) bond motifs is 1. The van der Waals surface area contributed by atoms with E-state index in [1.54, 1.807) is 0 Å². The number of para-hydroxylation sites is 1. The Balaban J connectivity index is 0.000000349. The van der Waals surface area contributed by atoms with Crippen molar-refractivity contribution in [2.75, 3.05) is 0 Å². The molecule has 0 aliphatic carbocycles. The van der Waals surface area contributed by atoms with E-state index in [4.69, 9.17) is 10.2 Å². The van der Waals surface area contributed by atoms with Crippen LogP contribution in [0.4, 0.5) is 0 Å². The summed E-state index contributed by atoms with van der Waals surface area (Å²) in [4.78, 5) is 32.8. The van der Waals surface area contributed by atoms with Crippen LogP contribution < -0.4 is 5.56 Å². The van der Waals surface area contributed by atoms with E-state index in [0.29, 0.717) is 0 Å². The first-order valence-electron chi connectivity index (χ1n) is 6.50. The molecule has 6 heteroatoms. The first-order valence-corrected chi connectivity index (χ1v) is 6.50. The zero-order valence-corrected chi connectivity index (χ0v) is 13.0. The molecule has 23 heavy (non-hydrogen) atoms. The second-order valence-electron chi connectivity index (χ2n) is 4.58. The van der Waals surface area contributed by atoms with Crippen LogP contribution in [0.5, 0.6) is 0 Å². The number of aliphatic carboxylic acids is 2. The lowest BCUT2D eigenvalue weighted by molar-refractivity contribution is -0.133. The molecule has 0 amide bonds. The smallest absolute Gasteiger partial charge is 0.330 e. The number of hydrogen-bond donors (Lipinski definition) is 3. The Morgan fingerprint density at radius 1 is 0.913 bits per heavy atom. The number of carbonyl (C=O) groups is 2. The Morgan fingerprint density at radius 2 is 1.35 bits per heavy atom. The number of carboxylic acids is 2. The average molecular weight is 317 g/mol. The average Bonchev–Trinajstić information content (AvgIpc) is 2.48. The highest BCUT2D eigenvalue weighted by Crippen LogP contribution is 2.06. The molecule has 1 aromatic heterocycles. The van der Waals surface area contributed by atoms with Crippen molar-refractivity contribution in [2.24, 2.45) is 0 Å². The summed E-state index contributed by atoms with van der Waals surface area (Å²) in [5, 5.41) is 16.8. The number of H-pyrrole nitrogens is 1. The van der Waals surface area contributed by atoms with Gasteiger partial charge in [-0.05, 0) is 31.4 Å². The van der Waals surface area contributed by atoms with E-state index in [-0.39, 0.29) is 16.7 Å². The van der Waals surface area contributed by atoms with Crippen molar-refractivity contribution in [1.29, 1.82) is 0 Å². The van der Waals surface area contributed by atoms with Crippen molar-refractivity contribution in [2.45, 2.75) is 13.8 Å². The van der Waals surface area contributed by atoms with Crippen LogP contribution in [0.1, 0.15) is 13.8 Å². The lowest BCUT2D eigenvalue weighted by Gasteiger charge is -1.93. The Labute approximate surface area is 133 Å². The maximum atomic E-state index is 10.8. The fourth-order valence-corrected chi connectivity index (χ4v) is 1.10. The van der Waals surface area contributed by atoms with Gasteiger partial charge in [-0.15, -0.1) is 0 Å². The van der Waals surface area contributed by atoms with Gasteiger partial charge in [0.15, 0.2) is 0 Å². The summed E-state index contributed by atoms with van der Waals surface area (Å²) in [5.41, 5.74) is 1.19. The van der Waals surface area contributed by atoms with Gasteiger partial charge in [0, 0.05) is 22.7 Å². The molecule has 0 atom stereocenters. The Kier molecular flexibility index (Phi) is 8.39. The summed E-state index contributed by atoms with van der Waals surface area (Å²) in [6, 6.07) is 11.0. The van der Waals surface area contributed by atoms with E-state index in [9.17, 15) is 14.4 Å². The SMILES string of the molecule is C=C(C)C(=O)O.C=C(C)C(=O)O.O=c1ccc2ccccc2[nH]1. The van der Waals surface area contributed by atoms with Crippen molar-refractivity contribution in [3.8, 4) is 0 Å². The van der Waals surface area contributed by atoms with E-state index < -0.39 is 11.9 Å². The van der Waals surface area contributed by atoms with Gasteiger partial charge in [-0.3, -0.25) is 4.79 Å². The van der Waals surface area contributed by atoms with Gasteiger partial charge in [0.1, 0.15) is 0 Å². The zero-order chi connectivity index (χ0) is 18.0. The fourth-order valence-electron chi connectivity index (χ4n) is 1.10. The van der Waals surface area contributed by atoms with Gasteiger partial charge in [-0.25, -0.2) is 9.59 Å². The molecule has 0 unspecified atom stereocenters. The molecule has 6 nitrogen and oxygen atoms in total. The van der Waals surface area contributed by atoms with Crippen LogP contribution in [0.15, 0.2) is 65.5 Å². The lowest BCUT2D eigenvalue weighted by atomic mass is 10.2. The van der Waals surface area contributed by atoms with Gasteiger partial charge < -0.3 is 15.2 Å². The van der Waals surface area contributed by atoms with Gasteiger partial charge in [0.25, 0.3) is 0 Å². The second-order valence-corrected chi connectivity index (χ2v) is 4.58. The minimum atomic E-state index is -0.935. The highest BCUT2D eigenvalue weighted by atomic mass is 16.4. The van der Waals surface area contributed by atoms with Crippen molar-refractivity contribution < 1.29 is 19.8 Å². The van der Waals surface area contributed by atoms with Crippen LogP contribution in [-0.2, 0) is 9.59 Å². The quantitative estimate of drug-likeness (QED) is 0.738. The van der Waals surface area contributed by atoms with Gasteiger partial charge in [-0.1, -0.05) is 31.4 Å². The van der Waals surface area contributed by atoms with E-state index >= 15 is 0 Å². The Bertz CT molecular complexity index is 726. The number of pyridine rings is 1. The summed E-state index contributed by atoms with van der Waals surface area (Å²) in [6.45, 7) is 9.20. The molecular weight excluding hydrogens is 298 g/mol. The minimum Gasteiger partial charge on any atom is -0.478 e. The van der Waals surface area contributed by atoms with Gasteiger partial charge in [0.05, 0.1) is 0 Å². The van der Waals surface area contributed by atoms with Crippen molar-refractivity contribution in [1.82, 2.24) is 4.98 Å². The van der Waals surface area contributed by atoms with E-state index in [2.05, 4.69) is 18.1 Å². The molecular formula is C17H19NO5. The highest BCUT2D eigenvalue weighted by Gasteiger charge is 1.91. The molecule has 0 fully saturated rings. The number of aromatic nitrogens is 1. The van der Waals surface area contributed by atoms with E-state index in [1.807, 2.05) is 30.3 Å². The fraction of sp³-hybridized carbons (Fsp3) is 0.118. The predicted molar refractivity (Wildman–Crippen MR) is 89.5 cm³/mol. The molecule has 2 aromatic rings. The molecule has 1 heterocycles. The molecule has 0 radical (unpaired) electrons. The first-order chi connectivity index (χ1) is 10.6. The van der Waals surface area contributed by atoms with E-state index in [1.165, 1.54) is 19.9 Å². The van der Waals surface area contributed by atoms with Crippen LogP contribution in [0, 0.1) is 0 Å². The number of hydrogen-bond acceptors (Lipinski definition) is 3. The van der Waals surface area contributed by atoms with E-state index in [0.717, 1.165) is 10.9 Å². The van der Waals surface area contributed by atoms with Crippen LogP contribution in [0.2, 0.25) is 0 Å². The van der Waals surface area contributed by atoms with Gasteiger partial charge in [-0.2, -0.15) is 0 Å². The molecule has 0 aliphatic rings. The van der Waals surface area contributed by atoms with Crippen LogP contribution >= 0.6 is 0 Å². The number of rotatable bonds is 2. The molecule has 122 valence electrons. The molecule has 0 bridgehead atoms. The second kappa shape index (κ2) is 9.73. The van der Waals surface area contributed by atoms with Crippen molar-refractivity contribution >= 4 is 22.8 Å². The van der Waals surface area contributed by atoms with Crippen molar-refractivity contribution in [3.63, 3.8) is 0 Å². The number of carboxylic acid groups (broad SMARTS) is 2. The number of benzene rings is 1. The molecule has 1 aromatic carbocycles. The summed E-state index contributed by atoms with van der Waals surface area (Å²) >= 11 is 0. The number of nitrogens with one attached hydrogen (secondary N) is 1. The van der Waals surface area contributed by atoms with Crippen molar-refractivity contribution in [3.05, 3.63) is 71.1 Å². The molecule has 0 saturated carbocycles. The summed E-state index contributed by atoms with van der Waals surface area (Å²) in [5.74, 6) is -1.87. The third kappa shape index (κ3) is 8.67. The van der Waals surface area contributed by atoms with Crippen LogP contribution in [0.25, 0.3) is 10.9 Å². The third-order valence-corrected chi connectivity index (χ3v) is 2.36. The zero-order valence-electron chi connectivity index (χ0n) is 13.0. The summed E-state index contributed by atoms with van der Waals surface area (Å²) in [6.07, 6.45) is 0. The molecule has 2 rings (SSSR count).